The number of ether oxygens (including phenoxy) is 1. The zero-order chi connectivity index (χ0) is 14.3. The standard InChI is InChI=1S/C11H12N4O4/c12-3-4-19-7-11(16)14-10-2-1-9(15(17)18)5-8(10)6-13/h1-2,5H,3-4,7,12H2,(H,14,16). The lowest BCUT2D eigenvalue weighted by Crippen LogP contribution is -2.21. The maximum atomic E-state index is 11.5. The number of hydrogen-bond acceptors (Lipinski definition) is 6. The van der Waals surface area contributed by atoms with Gasteiger partial charge in [0.25, 0.3) is 5.69 Å². The molecule has 0 aromatic heterocycles. The summed E-state index contributed by atoms with van der Waals surface area (Å²) < 4.78 is 4.92. The van der Waals surface area contributed by atoms with Crippen LogP contribution in [-0.2, 0) is 9.53 Å². The van der Waals surface area contributed by atoms with Crippen LogP contribution in [0.4, 0.5) is 11.4 Å². The van der Waals surface area contributed by atoms with Gasteiger partial charge in [-0.1, -0.05) is 0 Å². The van der Waals surface area contributed by atoms with Crippen molar-refractivity contribution in [2.75, 3.05) is 25.1 Å². The summed E-state index contributed by atoms with van der Waals surface area (Å²) in [4.78, 5) is 21.4. The van der Waals surface area contributed by atoms with Gasteiger partial charge in [-0.25, -0.2) is 0 Å². The van der Waals surface area contributed by atoms with E-state index in [4.69, 9.17) is 15.7 Å². The van der Waals surface area contributed by atoms with Crippen molar-refractivity contribution in [3.63, 3.8) is 0 Å². The van der Waals surface area contributed by atoms with Gasteiger partial charge in [0.15, 0.2) is 0 Å². The van der Waals surface area contributed by atoms with Crippen LogP contribution in [0.15, 0.2) is 18.2 Å². The Labute approximate surface area is 108 Å². The molecule has 1 rings (SSSR count). The number of nitrogens with one attached hydrogen (secondary N) is 1. The molecule has 0 saturated heterocycles. The third-order valence-corrected chi connectivity index (χ3v) is 2.10. The van der Waals surface area contributed by atoms with E-state index in [2.05, 4.69) is 5.32 Å². The Morgan fingerprint density at radius 1 is 1.58 bits per heavy atom. The number of carbonyl (C=O) groups excluding carboxylic acids is 1. The Balaban J connectivity index is 2.76. The number of amides is 1. The minimum atomic E-state index is -0.614. The van der Waals surface area contributed by atoms with E-state index >= 15 is 0 Å². The van der Waals surface area contributed by atoms with Gasteiger partial charge in [0.05, 0.1) is 22.8 Å². The summed E-state index contributed by atoms with van der Waals surface area (Å²) in [7, 11) is 0. The second kappa shape index (κ2) is 7.05. The van der Waals surface area contributed by atoms with E-state index in [1.54, 1.807) is 6.07 Å². The van der Waals surface area contributed by atoms with Crippen LogP contribution in [0.1, 0.15) is 5.56 Å². The van der Waals surface area contributed by atoms with Gasteiger partial charge >= 0.3 is 0 Å². The van der Waals surface area contributed by atoms with Crippen molar-refractivity contribution in [2.45, 2.75) is 0 Å². The normalized spacial score (nSPS) is 9.68. The Bertz CT molecular complexity index is 524. The Morgan fingerprint density at radius 2 is 2.32 bits per heavy atom. The summed E-state index contributed by atoms with van der Waals surface area (Å²) in [6.45, 7) is 0.353. The fourth-order valence-corrected chi connectivity index (χ4v) is 1.28. The molecule has 1 aromatic carbocycles. The van der Waals surface area contributed by atoms with E-state index in [0.717, 1.165) is 6.07 Å². The maximum Gasteiger partial charge on any atom is 0.270 e. The van der Waals surface area contributed by atoms with Gasteiger partial charge in [0, 0.05) is 18.7 Å². The summed E-state index contributed by atoms with van der Waals surface area (Å²) in [6, 6.07) is 5.39. The minimum absolute atomic E-state index is 0.0152. The molecule has 0 radical (unpaired) electrons. The molecular formula is C11H12N4O4. The largest absolute Gasteiger partial charge is 0.370 e. The Morgan fingerprint density at radius 3 is 2.89 bits per heavy atom. The smallest absolute Gasteiger partial charge is 0.270 e. The number of nitrogens with two attached hydrogens (primary N) is 1. The van der Waals surface area contributed by atoms with Crippen molar-refractivity contribution in [3.05, 3.63) is 33.9 Å². The summed E-state index contributed by atoms with van der Waals surface area (Å²) >= 11 is 0. The summed E-state index contributed by atoms with van der Waals surface area (Å²) in [5.41, 5.74) is 5.20. The van der Waals surface area contributed by atoms with Crippen LogP contribution in [0.2, 0.25) is 0 Å². The highest BCUT2D eigenvalue weighted by Crippen LogP contribution is 2.21. The second-order valence-electron chi connectivity index (χ2n) is 3.49. The zero-order valence-electron chi connectivity index (χ0n) is 9.96. The lowest BCUT2D eigenvalue weighted by atomic mass is 10.1. The minimum Gasteiger partial charge on any atom is -0.370 e. The van der Waals surface area contributed by atoms with Gasteiger partial charge in [-0.05, 0) is 6.07 Å². The highest BCUT2D eigenvalue weighted by Gasteiger charge is 2.12. The fourth-order valence-electron chi connectivity index (χ4n) is 1.28. The highest BCUT2D eigenvalue weighted by molar-refractivity contribution is 5.93. The van der Waals surface area contributed by atoms with E-state index in [9.17, 15) is 14.9 Å². The van der Waals surface area contributed by atoms with Gasteiger partial charge < -0.3 is 15.8 Å². The summed E-state index contributed by atoms with van der Waals surface area (Å²) in [5, 5.41) is 21.9. The highest BCUT2D eigenvalue weighted by atomic mass is 16.6. The van der Waals surface area contributed by atoms with Crippen molar-refractivity contribution in [1.82, 2.24) is 0 Å². The van der Waals surface area contributed by atoms with E-state index in [1.807, 2.05) is 0 Å². The molecule has 0 heterocycles. The lowest BCUT2D eigenvalue weighted by Gasteiger charge is -2.07. The van der Waals surface area contributed by atoms with Gasteiger partial charge in [-0.3, -0.25) is 14.9 Å². The van der Waals surface area contributed by atoms with Gasteiger partial charge in [-0.2, -0.15) is 5.26 Å². The monoisotopic (exact) mass is 264 g/mol. The molecule has 0 aliphatic carbocycles. The molecule has 0 spiro atoms. The van der Waals surface area contributed by atoms with Crippen LogP contribution in [0.25, 0.3) is 0 Å². The third-order valence-electron chi connectivity index (χ3n) is 2.10. The topological polar surface area (TPSA) is 131 Å². The number of anilines is 1. The number of rotatable bonds is 6. The second-order valence-corrected chi connectivity index (χ2v) is 3.49. The van der Waals surface area contributed by atoms with E-state index < -0.39 is 10.8 Å². The molecule has 1 aromatic rings. The number of carbonyl (C=O) groups is 1. The molecule has 8 nitrogen and oxygen atoms in total. The summed E-state index contributed by atoms with van der Waals surface area (Å²) in [5.74, 6) is -0.459. The number of nitriles is 1. The molecule has 0 bridgehead atoms. The average molecular weight is 264 g/mol. The first-order valence-corrected chi connectivity index (χ1v) is 5.34. The summed E-state index contributed by atoms with van der Waals surface area (Å²) in [6.07, 6.45) is 0. The first kappa shape index (κ1) is 14.6. The molecule has 0 aliphatic rings. The number of nitrogens with zero attached hydrogens (tertiary/aromatic N) is 2. The average Bonchev–Trinajstić information content (AvgIpc) is 2.39. The van der Waals surface area contributed by atoms with Crippen LogP contribution in [0.5, 0.6) is 0 Å². The van der Waals surface area contributed by atoms with Crippen molar-refractivity contribution in [3.8, 4) is 6.07 Å². The van der Waals surface area contributed by atoms with E-state index in [-0.39, 0.29) is 30.2 Å². The number of nitro benzene ring substituents is 1. The first-order chi connectivity index (χ1) is 9.08. The predicted molar refractivity (Wildman–Crippen MR) is 66.3 cm³/mol. The Hall–Kier alpha value is -2.50. The number of hydrogen-bond donors (Lipinski definition) is 2. The number of nitro groups is 1. The van der Waals surface area contributed by atoms with Crippen LogP contribution in [0, 0.1) is 21.4 Å². The van der Waals surface area contributed by atoms with Crippen molar-refractivity contribution >= 4 is 17.3 Å². The Kier molecular flexibility index (Phi) is 5.40. The van der Waals surface area contributed by atoms with Crippen LogP contribution in [-0.4, -0.2) is 30.6 Å². The SMILES string of the molecule is N#Cc1cc([N+](=O)[O-])ccc1NC(=O)COCCN. The predicted octanol–water partition coefficient (Wildman–Crippen LogP) is 0.380. The maximum absolute atomic E-state index is 11.5. The van der Waals surface area contributed by atoms with E-state index in [0.29, 0.717) is 6.54 Å². The molecule has 19 heavy (non-hydrogen) atoms. The molecule has 0 unspecified atom stereocenters. The first-order valence-electron chi connectivity index (χ1n) is 5.34. The molecule has 1 amide bonds. The number of non-ortho nitro benzene ring substituents is 1. The van der Waals surface area contributed by atoms with Crippen LogP contribution in [0.3, 0.4) is 0 Å². The third kappa shape index (κ3) is 4.34. The molecule has 0 saturated carbocycles. The molecule has 0 atom stereocenters. The molecule has 0 aliphatic heterocycles. The lowest BCUT2D eigenvalue weighted by molar-refractivity contribution is -0.384. The molecule has 100 valence electrons. The molecule has 3 N–H and O–H groups in total. The molecular weight excluding hydrogens is 252 g/mol. The van der Waals surface area contributed by atoms with Gasteiger partial charge in [0.2, 0.25) is 5.91 Å². The fraction of sp³-hybridized carbons (Fsp3) is 0.273. The number of benzene rings is 1. The molecule has 0 fully saturated rings. The van der Waals surface area contributed by atoms with Crippen molar-refractivity contribution in [1.29, 1.82) is 5.26 Å². The molecule has 8 heteroatoms. The van der Waals surface area contributed by atoms with Crippen molar-refractivity contribution < 1.29 is 14.5 Å². The van der Waals surface area contributed by atoms with Gasteiger partial charge in [-0.15, -0.1) is 0 Å². The van der Waals surface area contributed by atoms with Crippen molar-refractivity contribution in [2.24, 2.45) is 5.73 Å². The quantitative estimate of drug-likeness (QED) is 0.433. The van der Waals surface area contributed by atoms with E-state index in [1.165, 1.54) is 12.1 Å². The van der Waals surface area contributed by atoms with Gasteiger partial charge in [0.1, 0.15) is 12.7 Å². The zero-order valence-corrected chi connectivity index (χ0v) is 9.96. The van der Waals surface area contributed by atoms with Crippen LogP contribution < -0.4 is 11.1 Å². The van der Waals surface area contributed by atoms with Crippen LogP contribution >= 0.6 is 0 Å².